The number of ether oxygens (including phenoxy) is 3. The molecule has 0 saturated heterocycles. The van der Waals surface area contributed by atoms with Crippen molar-refractivity contribution in [3.63, 3.8) is 0 Å². The van der Waals surface area contributed by atoms with Crippen LogP contribution in [0.15, 0.2) is 91.0 Å². The van der Waals surface area contributed by atoms with Crippen LogP contribution >= 0.6 is 0 Å². The number of ketones is 3. The molecule has 3 aromatic carbocycles. The van der Waals surface area contributed by atoms with Gasteiger partial charge in [-0.15, -0.1) is 0 Å². The Morgan fingerprint density at radius 2 is 0.628 bits per heavy atom. The van der Waals surface area contributed by atoms with Crippen LogP contribution in [0.4, 0.5) is 0 Å². The van der Waals surface area contributed by atoms with E-state index in [2.05, 4.69) is 14.2 Å². The van der Waals surface area contributed by atoms with Crippen molar-refractivity contribution in [2.75, 3.05) is 19.8 Å². The number of rotatable bonds is 12. The van der Waals surface area contributed by atoms with E-state index in [9.17, 15) is 28.8 Å². The van der Waals surface area contributed by atoms with Crippen LogP contribution in [0, 0.1) is 0 Å². The molecule has 0 radical (unpaired) electrons. The van der Waals surface area contributed by atoms with Crippen LogP contribution in [0.5, 0.6) is 0 Å². The molecule has 228 valence electrons. The zero-order valence-electron chi connectivity index (χ0n) is 24.1. The minimum absolute atomic E-state index is 0. The fraction of sp³-hybridized carbons (Fsp3) is 0.273. The number of benzene rings is 3. The van der Waals surface area contributed by atoms with Gasteiger partial charge in [0.2, 0.25) is 0 Å². The Morgan fingerprint density at radius 1 is 0.419 bits per heavy atom. The minimum atomic E-state index is -0.471. The van der Waals surface area contributed by atoms with Crippen LogP contribution in [-0.2, 0) is 28.6 Å². The molecular weight excluding hydrogens is 655 g/mol. The molecule has 3 rings (SSSR count). The molecule has 0 atom stereocenters. The average molecular weight is 694 g/mol. The van der Waals surface area contributed by atoms with Gasteiger partial charge in [-0.25, -0.2) is 0 Å². The molecule has 0 fully saturated rings. The molecule has 10 heteroatoms. The monoisotopic (exact) mass is 694 g/mol. The molecule has 0 aliphatic carbocycles. The standard InChI is InChI=1S/3C11H12O3.In.3H/c3*1-2-14-11(13)8-10(12)9-6-4-3-5-7-9;;;;/h3*3-7H,2,8H2,1H3;;;;. The third-order valence-corrected chi connectivity index (χ3v) is 5.12. The summed E-state index contributed by atoms with van der Waals surface area (Å²) in [6, 6.07) is 26.1. The third-order valence-electron chi connectivity index (χ3n) is 5.12. The second-order valence-corrected chi connectivity index (χ2v) is 8.31. The summed E-state index contributed by atoms with van der Waals surface area (Å²) in [6.45, 7) is 6.06. The van der Waals surface area contributed by atoms with Gasteiger partial charge in [-0.3, -0.25) is 28.8 Å². The number of carbonyl (C=O) groups is 6. The predicted molar refractivity (Wildman–Crippen MR) is 166 cm³/mol. The van der Waals surface area contributed by atoms with E-state index in [1.165, 1.54) is 0 Å². The van der Waals surface area contributed by atoms with E-state index in [1.54, 1.807) is 93.6 Å². The fourth-order valence-corrected chi connectivity index (χ4v) is 3.21. The van der Waals surface area contributed by atoms with E-state index >= 15 is 0 Å². The molecule has 0 bridgehead atoms. The van der Waals surface area contributed by atoms with E-state index in [4.69, 9.17) is 0 Å². The van der Waals surface area contributed by atoms with Crippen LogP contribution in [0.2, 0.25) is 0 Å². The van der Waals surface area contributed by atoms with Gasteiger partial charge in [-0.05, 0) is 20.8 Å². The maximum atomic E-state index is 11.4. The Kier molecular flexibility index (Phi) is 21.3. The van der Waals surface area contributed by atoms with Gasteiger partial charge in [0.1, 0.15) is 19.3 Å². The van der Waals surface area contributed by atoms with Gasteiger partial charge in [0, 0.05) is 16.7 Å². The first-order chi connectivity index (χ1) is 20.2. The van der Waals surface area contributed by atoms with Gasteiger partial charge in [-0.1, -0.05) is 91.0 Å². The molecular formula is C33H39InO9. The van der Waals surface area contributed by atoms with Crippen LogP contribution in [0.3, 0.4) is 0 Å². The van der Waals surface area contributed by atoms with Gasteiger partial charge in [0.15, 0.2) is 17.3 Å². The van der Waals surface area contributed by atoms with Crippen molar-refractivity contribution in [2.45, 2.75) is 40.0 Å². The van der Waals surface area contributed by atoms with Gasteiger partial charge in [-0.2, -0.15) is 0 Å². The normalized spacial score (nSPS) is 9.28. The van der Waals surface area contributed by atoms with Crippen molar-refractivity contribution in [2.24, 2.45) is 0 Å². The zero-order valence-corrected chi connectivity index (χ0v) is 24.1. The zero-order chi connectivity index (χ0) is 31.2. The van der Waals surface area contributed by atoms with E-state index in [1.807, 2.05) is 18.2 Å². The first-order valence-electron chi connectivity index (χ1n) is 13.4. The van der Waals surface area contributed by atoms with Crippen molar-refractivity contribution in [1.29, 1.82) is 0 Å². The van der Waals surface area contributed by atoms with Gasteiger partial charge in [0.25, 0.3) is 0 Å². The second-order valence-electron chi connectivity index (χ2n) is 8.31. The Balaban J connectivity index is 0.000000608. The SMILES string of the molecule is CCOC(=O)CC(=O)c1ccccc1.CCOC(=O)CC(=O)c1ccccc1.CCOC(=O)CC(=O)c1ccccc1.[InH3]. The maximum absolute atomic E-state index is 11.4. The van der Waals surface area contributed by atoms with Crippen LogP contribution in [0.1, 0.15) is 71.1 Å². The van der Waals surface area contributed by atoms with Crippen molar-refractivity contribution < 1.29 is 43.0 Å². The first-order valence-corrected chi connectivity index (χ1v) is 13.4. The molecule has 0 spiro atoms. The van der Waals surface area contributed by atoms with Crippen molar-refractivity contribution in [3.05, 3.63) is 108 Å². The van der Waals surface area contributed by atoms with E-state index in [0.717, 1.165) is 0 Å². The molecule has 0 saturated carbocycles. The summed E-state index contributed by atoms with van der Waals surface area (Å²) in [7, 11) is 0. The number of esters is 3. The number of Topliss-reactive ketones (excluding diaryl/α,β-unsaturated/α-hetero) is 3. The van der Waals surface area contributed by atoms with Gasteiger partial charge >= 0.3 is 43.8 Å². The summed E-state index contributed by atoms with van der Waals surface area (Å²) < 4.78 is 14.0. The van der Waals surface area contributed by atoms with Crippen LogP contribution < -0.4 is 0 Å². The molecule has 0 aromatic heterocycles. The Bertz CT molecular complexity index is 1120. The Morgan fingerprint density at radius 3 is 0.814 bits per heavy atom. The molecule has 0 heterocycles. The van der Waals surface area contributed by atoms with Crippen molar-refractivity contribution in [3.8, 4) is 0 Å². The molecule has 3 aromatic rings. The summed E-state index contributed by atoms with van der Waals surface area (Å²) in [5.74, 6) is -2.03. The van der Waals surface area contributed by atoms with E-state index < -0.39 is 17.9 Å². The van der Waals surface area contributed by atoms with Crippen molar-refractivity contribution in [1.82, 2.24) is 0 Å². The molecule has 0 N–H and O–H groups in total. The van der Waals surface area contributed by atoms with Crippen molar-refractivity contribution >= 4 is 61.1 Å². The van der Waals surface area contributed by atoms with Gasteiger partial charge in [0.05, 0.1) is 19.8 Å². The topological polar surface area (TPSA) is 130 Å². The molecule has 43 heavy (non-hydrogen) atoms. The molecule has 0 amide bonds. The molecule has 0 aliphatic rings. The summed E-state index contributed by atoms with van der Waals surface area (Å²) in [5.41, 5.74) is 1.63. The van der Waals surface area contributed by atoms with Crippen LogP contribution in [-0.4, -0.2) is 80.9 Å². The summed E-state index contributed by atoms with van der Waals surface area (Å²) in [6.07, 6.45) is -0.548. The van der Waals surface area contributed by atoms with Crippen LogP contribution in [0.25, 0.3) is 0 Å². The number of carbonyl (C=O) groups excluding carboxylic acids is 6. The quantitative estimate of drug-likeness (QED) is 0.118. The summed E-state index contributed by atoms with van der Waals surface area (Å²) in [5, 5.41) is 0. The first kappa shape index (κ1) is 39.0. The predicted octanol–water partition coefficient (Wildman–Crippen LogP) is 4.28. The van der Waals surface area contributed by atoms with E-state index in [0.29, 0.717) is 36.5 Å². The summed E-state index contributed by atoms with van der Waals surface area (Å²) >= 11 is 0. The Labute approximate surface area is 270 Å². The summed E-state index contributed by atoms with van der Waals surface area (Å²) in [4.78, 5) is 67.2. The van der Waals surface area contributed by atoms with E-state index in [-0.39, 0.29) is 62.5 Å². The average Bonchev–Trinajstić information content (AvgIpc) is 2.99. The molecule has 0 unspecified atom stereocenters. The third kappa shape index (κ3) is 17.5. The number of hydrogen-bond donors (Lipinski definition) is 0. The fourth-order valence-electron chi connectivity index (χ4n) is 3.21. The second kappa shape index (κ2) is 23.5. The Hall–Kier alpha value is -4.05. The number of hydrogen-bond acceptors (Lipinski definition) is 9. The molecule has 9 nitrogen and oxygen atoms in total. The van der Waals surface area contributed by atoms with Gasteiger partial charge < -0.3 is 14.2 Å². The molecule has 0 aliphatic heterocycles.